The molecule has 1 aliphatic rings. The lowest BCUT2D eigenvalue weighted by molar-refractivity contribution is 0.861. The van der Waals surface area contributed by atoms with Crippen molar-refractivity contribution in [1.82, 2.24) is 10.3 Å². The predicted octanol–water partition coefficient (Wildman–Crippen LogP) is 0.737. The topological polar surface area (TPSA) is 63.3 Å². The summed E-state index contributed by atoms with van der Waals surface area (Å²) in [5, 5.41) is 3.69. The van der Waals surface area contributed by atoms with Gasteiger partial charge in [0.05, 0.1) is 17.3 Å². The molecule has 1 unspecified atom stereocenters. The highest BCUT2D eigenvalue weighted by Crippen LogP contribution is 2.19. The Bertz CT molecular complexity index is 364. The number of nitrogens with one attached hydrogen (secondary N) is 1. The molecule has 0 saturated heterocycles. The van der Waals surface area contributed by atoms with E-state index < -0.39 is 0 Å². The molecule has 0 saturated carbocycles. The van der Waals surface area contributed by atoms with Crippen LogP contribution in [0.2, 0.25) is 5.02 Å². The summed E-state index contributed by atoms with van der Waals surface area (Å²) in [6.07, 6.45) is 1.68. The van der Waals surface area contributed by atoms with E-state index in [1.54, 1.807) is 18.3 Å². The van der Waals surface area contributed by atoms with Crippen LogP contribution < -0.4 is 11.1 Å². The largest absolute Gasteiger partial charge is 0.370 e. The van der Waals surface area contributed by atoms with Gasteiger partial charge in [-0.05, 0) is 12.1 Å². The van der Waals surface area contributed by atoms with E-state index in [1.807, 2.05) is 0 Å². The first-order chi connectivity index (χ1) is 6.79. The summed E-state index contributed by atoms with van der Waals surface area (Å²) in [5.41, 5.74) is 6.63. The molecule has 1 aromatic heterocycles. The summed E-state index contributed by atoms with van der Waals surface area (Å²) in [4.78, 5) is 8.38. The van der Waals surface area contributed by atoms with E-state index in [2.05, 4.69) is 15.3 Å². The van der Waals surface area contributed by atoms with Crippen molar-refractivity contribution < 1.29 is 0 Å². The minimum Gasteiger partial charge on any atom is -0.370 e. The third kappa shape index (κ3) is 1.71. The van der Waals surface area contributed by atoms with Crippen LogP contribution >= 0.6 is 11.6 Å². The zero-order valence-corrected chi connectivity index (χ0v) is 8.33. The van der Waals surface area contributed by atoms with Crippen molar-refractivity contribution in [3.05, 3.63) is 29.0 Å². The maximum atomic E-state index is 5.97. The average Bonchev–Trinajstić information content (AvgIpc) is 2.70. The first-order valence-corrected chi connectivity index (χ1v) is 4.81. The van der Waals surface area contributed by atoms with Crippen LogP contribution in [0.25, 0.3) is 0 Å². The van der Waals surface area contributed by atoms with E-state index in [9.17, 15) is 0 Å². The smallest absolute Gasteiger partial charge is 0.120 e. The molecule has 1 aromatic rings. The molecular formula is C9H11ClN4. The first-order valence-electron chi connectivity index (χ1n) is 4.43. The third-order valence-corrected chi connectivity index (χ3v) is 2.40. The lowest BCUT2D eigenvalue weighted by Gasteiger charge is -2.12. The molecule has 0 aromatic carbocycles. The molecule has 0 aliphatic carbocycles. The molecule has 2 rings (SSSR count). The average molecular weight is 211 g/mol. The zero-order chi connectivity index (χ0) is 9.97. The molecule has 0 amide bonds. The molecule has 5 heteroatoms. The Morgan fingerprint density at radius 3 is 3.07 bits per heavy atom. The van der Waals surface area contributed by atoms with Crippen molar-refractivity contribution in [2.45, 2.75) is 6.04 Å². The fraction of sp³-hybridized carbons (Fsp3) is 0.333. The van der Waals surface area contributed by atoms with Crippen molar-refractivity contribution in [2.75, 3.05) is 13.1 Å². The molecule has 0 bridgehead atoms. The number of hydrogen-bond acceptors (Lipinski definition) is 4. The lowest BCUT2D eigenvalue weighted by atomic mass is 10.2. The second kappa shape index (κ2) is 3.94. The molecule has 1 atom stereocenters. The number of nitrogens with zero attached hydrogens (tertiary/aromatic N) is 2. The fourth-order valence-corrected chi connectivity index (χ4v) is 1.62. The van der Waals surface area contributed by atoms with Gasteiger partial charge in [-0.3, -0.25) is 9.98 Å². The number of aromatic nitrogens is 1. The van der Waals surface area contributed by atoms with E-state index in [1.165, 1.54) is 0 Å². The highest BCUT2D eigenvalue weighted by molar-refractivity contribution is 6.31. The number of hydrogen-bond donors (Lipinski definition) is 2. The van der Waals surface area contributed by atoms with Crippen molar-refractivity contribution in [1.29, 1.82) is 0 Å². The van der Waals surface area contributed by atoms with Gasteiger partial charge in [-0.15, -0.1) is 0 Å². The second-order valence-corrected chi connectivity index (χ2v) is 3.45. The molecular weight excluding hydrogens is 200 g/mol. The molecule has 4 nitrogen and oxygen atoms in total. The van der Waals surface area contributed by atoms with Crippen molar-refractivity contribution in [3.8, 4) is 0 Å². The molecule has 0 radical (unpaired) electrons. The Morgan fingerprint density at radius 2 is 2.43 bits per heavy atom. The van der Waals surface area contributed by atoms with Crippen LogP contribution in [-0.4, -0.2) is 23.9 Å². The molecule has 14 heavy (non-hydrogen) atoms. The van der Waals surface area contributed by atoms with Gasteiger partial charge in [-0.2, -0.15) is 0 Å². The Kier molecular flexibility index (Phi) is 2.65. The van der Waals surface area contributed by atoms with Gasteiger partial charge in [0.25, 0.3) is 0 Å². The van der Waals surface area contributed by atoms with Crippen LogP contribution in [0.15, 0.2) is 23.3 Å². The standard InChI is InChI=1S/C9H11ClN4/c10-6-2-1-3-12-8(6)7(11)9-13-4-5-14-9/h1-3,7H,4-5,11H2,(H,13,14). The van der Waals surface area contributed by atoms with Gasteiger partial charge >= 0.3 is 0 Å². The summed E-state index contributed by atoms with van der Waals surface area (Å²) in [7, 11) is 0. The van der Waals surface area contributed by atoms with Crippen molar-refractivity contribution >= 4 is 17.4 Å². The monoisotopic (exact) mass is 210 g/mol. The van der Waals surface area contributed by atoms with Gasteiger partial charge in [0.15, 0.2) is 0 Å². The summed E-state index contributed by atoms with van der Waals surface area (Å²) in [5.74, 6) is 0.769. The molecule has 0 fully saturated rings. The van der Waals surface area contributed by atoms with Gasteiger partial charge in [-0.1, -0.05) is 11.6 Å². The molecule has 2 heterocycles. The summed E-state index contributed by atoms with van der Waals surface area (Å²) in [6.45, 7) is 1.61. The predicted molar refractivity (Wildman–Crippen MR) is 56.5 cm³/mol. The van der Waals surface area contributed by atoms with Crippen LogP contribution in [0.5, 0.6) is 0 Å². The number of nitrogens with two attached hydrogens (primary N) is 1. The van der Waals surface area contributed by atoms with Crippen LogP contribution in [-0.2, 0) is 0 Å². The maximum Gasteiger partial charge on any atom is 0.120 e. The highest BCUT2D eigenvalue weighted by atomic mass is 35.5. The molecule has 3 N–H and O–H groups in total. The van der Waals surface area contributed by atoms with Crippen molar-refractivity contribution in [3.63, 3.8) is 0 Å². The molecule has 1 aliphatic heterocycles. The first kappa shape index (κ1) is 9.43. The van der Waals surface area contributed by atoms with E-state index in [0.717, 1.165) is 18.9 Å². The van der Waals surface area contributed by atoms with Crippen molar-refractivity contribution in [2.24, 2.45) is 10.7 Å². The maximum absolute atomic E-state index is 5.97. The quantitative estimate of drug-likeness (QED) is 0.757. The van der Waals surface area contributed by atoms with Gasteiger partial charge in [0.2, 0.25) is 0 Å². The number of aliphatic imine (C=N–C) groups is 1. The van der Waals surface area contributed by atoms with Crippen LogP contribution in [0, 0.1) is 0 Å². The minimum absolute atomic E-state index is 0.341. The number of amidine groups is 1. The van der Waals surface area contributed by atoms with Crippen LogP contribution in [0.4, 0.5) is 0 Å². The number of pyridine rings is 1. The molecule has 0 spiro atoms. The van der Waals surface area contributed by atoms with E-state index in [0.29, 0.717) is 10.7 Å². The Morgan fingerprint density at radius 1 is 1.57 bits per heavy atom. The van der Waals surface area contributed by atoms with Gasteiger partial charge < -0.3 is 11.1 Å². The van der Waals surface area contributed by atoms with E-state index in [-0.39, 0.29) is 6.04 Å². The van der Waals surface area contributed by atoms with Gasteiger partial charge in [0, 0.05) is 12.7 Å². The Balaban J connectivity index is 2.26. The lowest BCUT2D eigenvalue weighted by Crippen LogP contribution is -2.31. The Hall–Kier alpha value is -1.13. The van der Waals surface area contributed by atoms with Crippen LogP contribution in [0.3, 0.4) is 0 Å². The zero-order valence-electron chi connectivity index (χ0n) is 7.57. The Labute approximate surface area is 87.2 Å². The second-order valence-electron chi connectivity index (χ2n) is 3.04. The normalized spacial score (nSPS) is 17.4. The SMILES string of the molecule is NC(C1=NCCN1)c1ncccc1Cl. The van der Waals surface area contributed by atoms with Gasteiger partial charge in [0.1, 0.15) is 11.9 Å². The summed E-state index contributed by atoms with van der Waals surface area (Å²) >= 11 is 5.97. The highest BCUT2D eigenvalue weighted by Gasteiger charge is 2.19. The van der Waals surface area contributed by atoms with E-state index in [4.69, 9.17) is 17.3 Å². The summed E-state index contributed by atoms with van der Waals surface area (Å²) < 4.78 is 0. The molecule has 74 valence electrons. The summed E-state index contributed by atoms with van der Waals surface area (Å²) in [6, 6.07) is 3.22. The van der Waals surface area contributed by atoms with E-state index >= 15 is 0 Å². The number of halogens is 1. The third-order valence-electron chi connectivity index (χ3n) is 2.08. The van der Waals surface area contributed by atoms with Crippen LogP contribution in [0.1, 0.15) is 11.7 Å². The number of rotatable bonds is 2. The minimum atomic E-state index is -0.341. The fourth-order valence-electron chi connectivity index (χ4n) is 1.38. The van der Waals surface area contributed by atoms with Gasteiger partial charge in [-0.25, -0.2) is 0 Å².